The fourth-order valence-electron chi connectivity index (χ4n) is 1.71. The van der Waals surface area contributed by atoms with Gasteiger partial charge in [0, 0.05) is 13.1 Å². The van der Waals surface area contributed by atoms with Crippen LogP contribution in [0.1, 0.15) is 5.56 Å². The maximum absolute atomic E-state index is 12.1. The third kappa shape index (κ3) is 1.96. The van der Waals surface area contributed by atoms with Gasteiger partial charge in [-0.25, -0.2) is 8.42 Å². The molecule has 18 heavy (non-hydrogen) atoms. The van der Waals surface area contributed by atoms with Crippen LogP contribution in [0.25, 0.3) is 0 Å². The summed E-state index contributed by atoms with van der Waals surface area (Å²) in [6.07, 6.45) is 0. The highest BCUT2D eigenvalue weighted by Gasteiger charge is 2.41. The van der Waals surface area contributed by atoms with Crippen molar-refractivity contribution in [2.24, 2.45) is 5.92 Å². The van der Waals surface area contributed by atoms with Crippen molar-refractivity contribution >= 4 is 16.0 Å². The van der Waals surface area contributed by atoms with Crippen molar-refractivity contribution in [2.75, 3.05) is 13.1 Å². The SMILES string of the molecule is N#Cc1ccccc1S(=O)(=O)N1CC(C(=O)O)C1. The number of sulfonamides is 1. The molecule has 6 nitrogen and oxygen atoms in total. The number of carbonyl (C=O) groups is 1. The monoisotopic (exact) mass is 266 g/mol. The highest BCUT2D eigenvalue weighted by molar-refractivity contribution is 7.89. The molecule has 1 aromatic carbocycles. The molecule has 0 unspecified atom stereocenters. The van der Waals surface area contributed by atoms with Crippen LogP contribution in [0.5, 0.6) is 0 Å². The van der Waals surface area contributed by atoms with Gasteiger partial charge < -0.3 is 5.11 Å². The van der Waals surface area contributed by atoms with Gasteiger partial charge in [-0.3, -0.25) is 4.79 Å². The number of benzene rings is 1. The first kappa shape index (κ1) is 12.5. The molecule has 0 aromatic heterocycles. The van der Waals surface area contributed by atoms with E-state index in [-0.39, 0.29) is 23.5 Å². The molecular weight excluding hydrogens is 256 g/mol. The van der Waals surface area contributed by atoms with Gasteiger partial charge in [0.05, 0.1) is 16.4 Å². The Kier molecular flexibility index (Phi) is 3.07. The fraction of sp³-hybridized carbons (Fsp3) is 0.273. The number of rotatable bonds is 3. The van der Waals surface area contributed by atoms with E-state index in [1.54, 1.807) is 6.07 Å². The number of hydrogen-bond acceptors (Lipinski definition) is 4. The molecule has 7 heteroatoms. The molecule has 1 N–H and O–H groups in total. The minimum absolute atomic E-state index is 0.0442. The van der Waals surface area contributed by atoms with Gasteiger partial charge in [0.25, 0.3) is 0 Å². The molecule has 0 spiro atoms. The van der Waals surface area contributed by atoms with E-state index in [4.69, 9.17) is 10.4 Å². The molecule has 1 fully saturated rings. The van der Waals surface area contributed by atoms with Crippen molar-refractivity contribution in [3.05, 3.63) is 29.8 Å². The Morgan fingerprint density at radius 3 is 2.56 bits per heavy atom. The van der Waals surface area contributed by atoms with Gasteiger partial charge in [-0.2, -0.15) is 9.57 Å². The van der Waals surface area contributed by atoms with Crippen LogP contribution in [-0.2, 0) is 14.8 Å². The molecule has 1 aliphatic rings. The van der Waals surface area contributed by atoms with E-state index >= 15 is 0 Å². The Bertz CT molecular complexity index is 627. The lowest BCUT2D eigenvalue weighted by atomic mass is 10.0. The Labute approximate surface area is 104 Å². The summed E-state index contributed by atoms with van der Waals surface area (Å²) in [5.41, 5.74) is 0.0660. The second-order valence-corrected chi connectivity index (χ2v) is 5.87. The summed E-state index contributed by atoms with van der Waals surface area (Å²) in [6.45, 7) is -0.0884. The highest BCUT2D eigenvalue weighted by atomic mass is 32.2. The van der Waals surface area contributed by atoms with Crippen molar-refractivity contribution in [1.29, 1.82) is 5.26 Å². The summed E-state index contributed by atoms with van der Waals surface area (Å²) in [4.78, 5) is 10.6. The second-order valence-electron chi connectivity index (χ2n) is 3.97. The summed E-state index contributed by atoms with van der Waals surface area (Å²) >= 11 is 0. The lowest BCUT2D eigenvalue weighted by Gasteiger charge is -2.35. The van der Waals surface area contributed by atoms with Crippen LogP contribution in [0.3, 0.4) is 0 Å². The summed E-state index contributed by atoms with van der Waals surface area (Å²) in [6, 6.07) is 7.69. The molecule has 94 valence electrons. The molecular formula is C11H10N2O4S. The molecule has 2 rings (SSSR count). The number of carboxylic acids is 1. The molecule has 0 amide bonds. The second kappa shape index (κ2) is 4.40. The third-order valence-corrected chi connectivity index (χ3v) is 4.71. The van der Waals surface area contributed by atoms with E-state index < -0.39 is 21.9 Å². The first-order valence-corrected chi connectivity index (χ1v) is 6.63. The third-order valence-electron chi connectivity index (χ3n) is 2.82. The number of nitrogens with zero attached hydrogens (tertiary/aromatic N) is 2. The summed E-state index contributed by atoms with van der Waals surface area (Å²) in [5, 5.41) is 17.6. The molecule has 1 aliphatic heterocycles. The van der Waals surface area contributed by atoms with Crippen LogP contribution in [0.15, 0.2) is 29.2 Å². The van der Waals surface area contributed by atoms with E-state index in [9.17, 15) is 13.2 Å². The summed E-state index contributed by atoms with van der Waals surface area (Å²) in [5.74, 6) is -1.66. The Hall–Kier alpha value is -1.91. The zero-order valence-electron chi connectivity index (χ0n) is 9.28. The van der Waals surface area contributed by atoms with Crippen molar-refractivity contribution in [3.8, 4) is 6.07 Å². The summed E-state index contributed by atoms with van der Waals surface area (Å²) in [7, 11) is -3.76. The van der Waals surface area contributed by atoms with E-state index in [0.717, 1.165) is 4.31 Å². The molecule has 0 saturated carbocycles. The lowest BCUT2D eigenvalue weighted by Crippen LogP contribution is -2.52. The minimum atomic E-state index is -3.76. The highest BCUT2D eigenvalue weighted by Crippen LogP contribution is 2.26. The first-order valence-electron chi connectivity index (χ1n) is 5.19. The Morgan fingerprint density at radius 2 is 2.00 bits per heavy atom. The Morgan fingerprint density at radius 1 is 1.39 bits per heavy atom. The molecule has 0 atom stereocenters. The maximum atomic E-state index is 12.1. The standard InChI is InChI=1S/C11H10N2O4S/c12-5-8-3-1-2-4-10(8)18(16,17)13-6-9(7-13)11(14)15/h1-4,9H,6-7H2,(H,14,15). The van der Waals surface area contributed by atoms with E-state index in [2.05, 4.69) is 0 Å². The van der Waals surface area contributed by atoms with Gasteiger partial charge >= 0.3 is 5.97 Å². The van der Waals surface area contributed by atoms with Gasteiger partial charge in [-0.05, 0) is 12.1 Å². The van der Waals surface area contributed by atoms with Crippen LogP contribution < -0.4 is 0 Å². The number of hydrogen-bond donors (Lipinski definition) is 1. The van der Waals surface area contributed by atoms with Crippen molar-refractivity contribution in [3.63, 3.8) is 0 Å². The normalized spacial score (nSPS) is 16.8. The van der Waals surface area contributed by atoms with Crippen LogP contribution >= 0.6 is 0 Å². The zero-order valence-corrected chi connectivity index (χ0v) is 10.1. The molecule has 1 saturated heterocycles. The predicted octanol–water partition coefficient (Wildman–Crippen LogP) is 0.263. The summed E-state index contributed by atoms with van der Waals surface area (Å²) < 4.78 is 25.4. The predicted molar refractivity (Wildman–Crippen MR) is 61.0 cm³/mol. The fourth-order valence-corrected chi connectivity index (χ4v) is 3.39. The van der Waals surface area contributed by atoms with Crippen LogP contribution in [-0.4, -0.2) is 36.9 Å². The van der Waals surface area contributed by atoms with E-state index in [1.165, 1.54) is 18.2 Å². The quantitative estimate of drug-likeness (QED) is 0.846. The Balaban J connectivity index is 2.29. The minimum Gasteiger partial charge on any atom is -0.481 e. The molecule has 1 aromatic rings. The number of carboxylic acid groups (broad SMARTS) is 1. The number of nitriles is 1. The van der Waals surface area contributed by atoms with Crippen LogP contribution in [0.4, 0.5) is 0 Å². The van der Waals surface area contributed by atoms with Crippen LogP contribution in [0.2, 0.25) is 0 Å². The average molecular weight is 266 g/mol. The average Bonchev–Trinajstić information content (AvgIpc) is 2.26. The van der Waals surface area contributed by atoms with Gasteiger partial charge in [0.1, 0.15) is 6.07 Å². The van der Waals surface area contributed by atoms with Gasteiger partial charge in [-0.1, -0.05) is 12.1 Å². The molecule has 0 bridgehead atoms. The largest absolute Gasteiger partial charge is 0.481 e. The van der Waals surface area contributed by atoms with Gasteiger partial charge in [0.15, 0.2) is 0 Å². The zero-order chi connectivity index (χ0) is 13.3. The topological polar surface area (TPSA) is 98.5 Å². The number of aliphatic carboxylic acids is 1. The van der Waals surface area contributed by atoms with Gasteiger partial charge in [-0.15, -0.1) is 0 Å². The van der Waals surface area contributed by atoms with E-state index in [0.29, 0.717) is 0 Å². The van der Waals surface area contributed by atoms with E-state index in [1.807, 2.05) is 6.07 Å². The van der Waals surface area contributed by atoms with Gasteiger partial charge in [0.2, 0.25) is 10.0 Å². The van der Waals surface area contributed by atoms with Crippen molar-refractivity contribution in [1.82, 2.24) is 4.31 Å². The molecule has 1 heterocycles. The van der Waals surface area contributed by atoms with Crippen LogP contribution in [0, 0.1) is 17.2 Å². The maximum Gasteiger partial charge on any atom is 0.309 e. The van der Waals surface area contributed by atoms with Crippen molar-refractivity contribution in [2.45, 2.75) is 4.90 Å². The van der Waals surface area contributed by atoms with Crippen molar-refractivity contribution < 1.29 is 18.3 Å². The smallest absolute Gasteiger partial charge is 0.309 e. The molecule has 0 radical (unpaired) electrons. The lowest BCUT2D eigenvalue weighted by molar-refractivity contribution is -0.145. The molecule has 0 aliphatic carbocycles. The first-order chi connectivity index (χ1) is 8.46.